The minimum Gasteiger partial charge on any atom is -0.477 e. The Balaban J connectivity index is 2.18. The van der Waals surface area contributed by atoms with E-state index in [1.165, 1.54) is 22.8 Å². The van der Waals surface area contributed by atoms with Crippen molar-refractivity contribution < 1.29 is 18.3 Å². The van der Waals surface area contributed by atoms with Gasteiger partial charge >= 0.3 is 5.97 Å². The first kappa shape index (κ1) is 14.1. The molecule has 0 spiro atoms. The number of hydrogen-bond acceptors (Lipinski definition) is 6. The Morgan fingerprint density at radius 3 is 2.79 bits per heavy atom. The maximum absolute atomic E-state index is 12.0. The summed E-state index contributed by atoms with van der Waals surface area (Å²) in [5.41, 5.74) is 0.820. The van der Waals surface area contributed by atoms with E-state index in [1.54, 1.807) is 0 Å². The second-order valence-electron chi connectivity index (χ2n) is 3.63. The summed E-state index contributed by atoms with van der Waals surface area (Å²) in [7, 11) is -3.84. The average Bonchev–Trinajstić information content (AvgIpc) is 2.94. The van der Waals surface area contributed by atoms with Crippen molar-refractivity contribution in [3.8, 4) is 0 Å². The molecule has 2 rings (SSSR count). The van der Waals surface area contributed by atoms with Crippen LogP contribution >= 0.6 is 22.7 Å². The normalized spacial score (nSPS) is 11.6. The molecular weight excluding hydrogens is 308 g/mol. The van der Waals surface area contributed by atoms with E-state index >= 15 is 0 Å². The average molecular weight is 318 g/mol. The molecule has 2 aromatic rings. The highest BCUT2D eigenvalue weighted by atomic mass is 32.2. The Hall–Kier alpha value is -1.29. The number of thiophene rings is 1. The molecule has 2 N–H and O–H groups in total. The van der Waals surface area contributed by atoms with Crippen molar-refractivity contribution in [3.63, 3.8) is 0 Å². The van der Waals surface area contributed by atoms with Gasteiger partial charge in [0, 0.05) is 11.1 Å². The van der Waals surface area contributed by atoms with Crippen molar-refractivity contribution >= 4 is 38.7 Å². The Kier molecular flexibility index (Phi) is 3.99. The second kappa shape index (κ2) is 5.37. The molecule has 9 heteroatoms. The number of sulfonamides is 1. The zero-order valence-corrected chi connectivity index (χ0v) is 12.2. The fraction of sp³-hybridized carbons (Fsp3) is 0.200. The van der Waals surface area contributed by atoms with E-state index in [9.17, 15) is 13.2 Å². The molecule has 0 saturated carbocycles. The van der Waals surface area contributed by atoms with Crippen LogP contribution in [0.1, 0.15) is 20.4 Å². The summed E-state index contributed by atoms with van der Waals surface area (Å²) in [6.07, 6.45) is 0. The van der Waals surface area contributed by atoms with Crippen LogP contribution in [0.2, 0.25) is 0 Å². The first-order valence-corrected chi connectivity index (χ1v) is 8.36. The smallest absolute Gasteiger partial charge is 0.347 e. The molecule has 0 aliphatic rings. The predicted octanol–water partition coefficient (Wildman–Crippen LogP) is 1.69. The number of carbonyl (C=O) groups is 1. The molecule has 0 radical (unpaired) electrons. The molecule has 0 atom stereocenters. The van der Waals surface area contributed by atoms with Crippen LogP contribution < -0.4 is 4.72 Å². The van der Waals surface area contributed by atoms with Gasteiger partial charge in [-0.05, 0) is 18.4 Å². The number of aromatic carboxylic acids is 1. The van der Waals surface area contributed by atoms with Crippen LogP contribution in [0.5, 0.6) is 0 Å². The monoisotopic (exact) mass is 318 g/mol. The number of aromatic nitrogens is 1. The van der Waals surface area contributed by atoms with Crippen molar-refractivity contribution in [2.45, 2.75) is 18.4 Å². The van der Waals surface area contributed by atoms with E-state index in [-0.39, 0.29) is 16.3 Å². The molecule has 102 valence electrons. The molecule has 0 amide bonds. The Bertz CT molecular complexity index is 702. The fourth-order valence-corrected chi connectivity index (χ4v) is 4.43. The van der Waals surface area contributed by atoms with Gasteiger partial charge in [-0.2, -0.15) is 0 Å². The topological polar surface area (TPSA) is 96.4 Å². The van der Waals surface area contributed by atoms with Crippen LogP contribution in [-0.2, 0) is 16.6 Å². The third kappa shape index (κ3) is 3.18. The first-order valence-electron chi connectivity index (χ1n) is 5.11. The summed E-state index contributed by atoms with van der Waals surface area (Å²) >= 11 is 2.22. The fourth-order valence-electron chi connectivity index (χ4n) is 1.38. The maximum atomic E-state index is 12.0. The third-order valence-electron chi connectivity index (χ3n) is 2.19. The molecule has 0 bridgehead atoms. The molecule has 19 heavy (non-hydrogen) atoms. The lowest BCUT2D eigenvalue weighted by Crippen LogP contribution is -2.24. The zero-order valence-electron chi connectivity index (χ0n) is 9.78. The van der Waals surface area contributed by atoms with Gasteiger partial charge in [0.15, 0.2) is 0 Å². The van der Waals surface area contributed by atoms with Crippen LogP contribution in [-0.4, -0.2) is 24.5 Å². The summed E-state index contributed by atoms with van der Waals surface area (Å²) in [4.78, 5) is 14.6. The van der Waals surface area contributed by atoms with Crippen molar-refractivity contribution in [1.82, 2.24) is 9.71 Å². The van der Waals surface area contributed by atoms with E-state index in [0.717, 1.165) is 17.0 Å². The lowest BCUT2D eigenvalue weighted by Gasteiger charge is -2.04. The van der Waals surface area contributed by atoms with E-state index in [2.05, 4.69) is 9.71 Å². The van der Waals surface area contributed by atoms with Gasteiger partial charge in [-0.3, -0.25) is 0 Å². The molecule has 2 aromatic heterocycles. The third-order valence-corrected chi connectivity index (χ3v) is 5.63. The van der Waals surface area contributed by atoms with Gasteiger partial charge in [0.1, 0.15) is 14.8 Å². The molecule has 0 aromatic carbocycles. The van der Waals surface area contributed by atoms with Gasteiger partial charge in [-0.1, -0.05) is 0 Å². The predicted molar refractivity (Wildman–Crippen MR) is 72.2 cm³/mol. The van der Waals surface area contributed by atoms with E-state index < -0.39 is 16.0 Å². The standard InChI is InChI=1S/C10H10N2O4S3/c1-6-5-18-8(12-6)4-11-19(15,16)7-2-3-17-9(7)10(13)14/h2-3,5,11H,4H2,1H3,(H,13,14). The van der Waals surface area contributed by atoms with Gasteiger partial charge in [0.05, 0.1) is 6.54 Å². The van der Waals surface area contributed by atoms with Crippen LogP contribution in [0, 0.1) is 6.92 Å². The lowest BCUT2D eigenvalue weighted by atomic mass is 10.5. The number of carboxylic acids is 1. The van der Waals surface area contributed by atoms with Gasteiger partial charge in [0.25, 0.3) is 0 Å². The number of aryl methyl sites for hydroxylation is 1. The van der Waals surface area contributed by atoms with Crippen molar-refractivity contribution in [2.75, 3.05) is 0 Å². The zero-order chi connectivity index (χ0) is 14.0. The molecule has 2 heterocycles. The number of rotatable bonds is 5. The molecule has 0 saturated heterocycles. The van der Waals surface area contributed by atoms with Crippen molar-refractivity contribution in [1.29, 1.82) is 0 Å². The number of carboxylic acid groups (broad SMARTS) is 1. The summed E-state index contributed by atoms with van der Waals surface area (Å²) in [5.74, 6) is -1.25. The van der Waals surface area contributed by atoms with Gasteiger partial charge in [0.2, 0.25) is 10.0 Å². The van der Waals surface area contributed by atoms with E-state index in [1.807, 2.05) is 12.3 Å². The highest BCUT2D eigenvalue weighted by Gasteiger charge is 2.23. The van der Waals surface area contributed by atoms with E-state index in [0.29, 0.717) is 5.01 Å². The number of hydrogen-bond donors (Lipinski definition) is 2. The molecule has 0 fully saturated rings. The summed E-state index contributed by atoms with van der Waals surface area (Å²) in [6.45, 7) is 1.87. The quantitative estimate of drug-likeness (QED) is 0.874. The van der Waals surface area contributed by atoms with Crippen molar-refractivity contribution in [2.24, 2.45) is 0 Å². The maximum Gasteiger partial charge on any atom is 0.347 e. The minimum absolute atomic E-state index is 0.0513. The van der Waals surface area contributed by atoms with Gasteiger partial charge in [-0.25, -0.2) is 22.9 Å². The van der Waals surface area contributed by atoms with Crippen molar-refractivity contribution in [3.05, 3.63) is 32.4 Å². The number of thiazole rings is 1. The Morgan fingerprint density at radius 1 is 1.47 bits per heavy atom. The van der Waals surface area contributed by atoms with Crippen LogP contribution in [0.15, 0.2) is 21.7 Å². The van der Waals surface area contributed by atoms with Gasteiger partial charge < -0.3 is 5.11 Å². The molecule has 0 aliphatic carbocycles. The van der Waals surface area contributed by atoms with Crippen LogP contribution in [0.4, 0.5) is 0 Å². The molecule has 0 aliphatic heterocycles. The highest BCUT2D eigenvalue weighted by Crippen LogP contribution is 2.22. The SMILES string of the molecule is Cc1csc(CNS(=O)(=O)c2ccsc2C(=O)O)n1. The first-order chi connectivity index (χ1) is 8.90. The molecule has 6 nitrogen and oxygen atoms in total. The highest BCUT2D eigenvalue weighted by molar-refractivity contribution is 7.89. The van der Waals surface area contributed by atoms with E-state index in [4.69, 9.17) is 5.11 Å². The van der Waals surface area contributed by atoms with Gasteiger partial charge in [-0.15, -0.1) is 22.7 Å². The minimum atomic E-state index is -3.84. The molecule has 0 unspecified atom stereocenters. The van der Waals surface area contributed by atoms with Crippen LogP contribution in [0.25, 0.3) is 0 Å². The lowest BCUT2D eigenvalue weighted by molar-refractivity contribution is 0.0698. The summed E-state index contributed by atoms with van der Waals surface area (Å²) < 4.78 is 26.4. The Morgan fingerprint density at radius 2 is 2.21 bits per heavy atom. The molecular formula is C10H10N2O4S3. The largest absolute Gasteiger partial charge is 0.477 e. The number of nitrogens with one attached hydrogen (secondary N) is 1. The number of nitrogens with zero attached hydrogens (tertiary/aromatic N) is 1. The summed E-state index contributed by atoms with van der Waals surface area (Å²) in [5, 5.41) is 12.8. The Labute approximate surface area is 117 Å². The second-order valence-corrected chi connectivity index (χ2v) is 7.22. The van der Waals surface area contributed by atoms with Crippen LogP contribution in [0.3, 0.4) is 0 Å². The summed E-state index contributed by atoms with van der Waals surface area (Å²) in [6, 6.07) is 1.28.